The summed E-state index contributed by atoms with van der Waals surface area (Å²) >= 11 is 13.2. The van der Waals surface area contributed by atoms with Gasteiger partial charge >= 0.3 is 0 Å². The predicted octanol–water partition coefficient (Wildman–Crippen LogP) is 6.68. The van der Waals surface area contributed by atoms with E-state index in [1.54, 1.807) is 48.5 Å². The Bertz CT molecular complexity index is 1360. The molecule has 2 aliphatic rings. The third-order valence-corrected chi connectivity index (χ3v) is 7.00. The molecular weight excluding hydrogens is 516 g/mol. The van der Waals surface area contributed by atoms with Crippen molar-refractivity contribution in [2.75, 3.05) is 6.79 Å². The highest BCUT2D eigenvalue weighted by Crippen LogP contribution is 2.40. The number of ether oxygens (including phenoxy) is 3. The lowest BCUT2D eigenvalue weighted by Gasteiger charge is -2.14. The zero-order chi connectivity index (χ0) is 24.5. The molecule has 0 unspecified atom stereocenters. The van der Waals surface area contributed by atoms with Crippen molar-refractivity contribution in [2.24, 2.45) is 0 Å². The number of carbonyl (C=O) groups excluding carboxylic acids is 2. The van der Waals surface area contributed by atoms with E-state index in [1.807, 2.05) is 0 Å². The first kappa shape index (κ1) is 23.5. The number of benzene rings is 3. The maximum absolute atomic E-state index is 14.1. The Kier molecular flexibility index (Phi) is 6.60. The highest BCUT2D eigenvalue weighted by atomic mass is 35.5. The molecule has 2 heterocycles. The molecule has 0 bridgehead atoms. The zero-order valence-corrected chi connectivity index (χ0v) is 20.3. The van der Waals surface area contributed by atoms with E-state index in [-0.39, 0.29) is 35.4 Å². The fourth-order valence-electron chi connectivity index (χ4n) is 3.58. The number of amides is 2. The molecule has 2 aliphatic heterocycles. The van der Waals surface area contributed by atoms with Gasteiger partial charge in [-0.15, -0.1) is 0 Å². The first-order chi connectivity index (χ1) is 16.9. The number of carbonyl (C=O) groups is 2. The fraction of sp³-hybridized carbons (Fsp3) is 0.120. The Labute approximate surface area is 214 Å². The van der Waals surface area contributed by atoms with Crippen molar-refractivity contribution >= 4 is 52.2 Å². The Morgan fingerprint density at radius 2 is 1.80 bits per heavy atom. The molecule has 178 valence electrons. The summed E-state index contributed by atoms with van der Waals surface area (Å²) in [6.07, 6.45) is 1.57. The molecule has 0 saturated carbocycles. The van der Waals surface area contributed by atoms with Crippen molar-refractivity contribution in [2.45, 2.75) is 13.2 Å². The molecule has 5 rings (SSSR count). The van der Waals surface area contributed by atoms with Crippen LogP contribution in [-0.4, -0.2) is 22.8 Å². The third-order valence-electron chi connectivity index (χ3n) is 5.38. The Morgan fingerprint density at radius 3 is 2.60 bits per heavy atom. The van der Waals surface area contributed by atoms with Gasteiger partial charge in [-0.1, -0.05) is 47.5 Å². The number of para-hydroxylation sites is 1. The Hall–Kier alpha value is -3.20. The van der Waals surface area contributed by atoms with Crippen molar-refractivity contribution in [3.63, 3.8) is 0 Å². The lowest BCUT2D eigenvalue weighted by Crippen LogP contribution is -2.27. The predicted molar refractivity (Wildman–Crippen MR) is 131 cm³/mol. The number of halogens is 3. The highest BCUT2D eigenvalue weighted by Gasteiger charge is 2.36. The molecule has 0 aromatic heterocycles. The highest BCUT2D eigenvalue weighted by molar-refractivity contribution is 8.18. The molecule has 0 spiro atoms. The second-order valence-corrected chi connectivity index (χ2v) is 9.40. The first-order valence-corrected chi connectivity index (χ1v) is 12.0. The molecule has 6 nitrogen and oxygen atoms in total. The largest absolute Gasteiger partial charge is 0.488 e. The molecule has 1 fully saturated rings. The van der Waals surface area contributed by atoms with E-state index in [0.717, 1.165) is 16.7 Å². The molecule has 10 heteroatoms. The van der Waals surface area contributed by atoms with Gasteiger partial charge in [-0.05, 0) is 47.7 Å². The normalized spacial score (nSPS) is 15.9. The van der Waals surface area contributed by atoms with E-state index >= 15 is 0 Å². The minimum absolute atomic E-state index is 0.0125. The number of hydrogen-bond donors (Lipinski definition) is 0. The fourth-order valence-corrected chi connectivity index (χ4v) is 4.84. The van der Waals surface area contributed by atoms with Crippen molar-refractivity contribution < 1.29 is 28.2 Å². The molecule has 0 N–H and O–H groups in total. The van der Waals surface area contributed by atoms with Crippen LogP contribution >= 0.6 is 35.0 Å². The molecule has 0 aliphatic carbocycles. The van der Waals surface area contributed by atoms with E-state index in [2.05, 4.69) is 0 Å². The number of nitrogens with zero attached hydrogens (tertiary/aromatic N) is 1. The van der Waals surface area contributed by atoms with Crippen LogP contribution in [0.25, 0.3) is 6.08 Å². The van der Waals surface area contributed by atoms with E-state index in [9.17, 15) is 14.0 Å². The van der Waals surface area contributed by atoms with Crippen molar-refractivity contribution in [1.82, 2.24) is 4.90 Å². The lowest BCUT2D eigenvalue weighted by atomic mass is 10.1. The molecule has 0 radical (unpaired) electrons. The molecule has 35 heavy (non-hydrogen) atoms. The minimum atomic E-state index is -0.474. The summed E-state index contributed by atoms with van der Waals surface area (Å²) < 4.78 is 30.6. The summed E-state index contributed by atoms with van der Waals surface area (Å²) in [6.45, 7) is -0.0219. The van der Waals surface area contributed by atoms with Crippen LogP contribution in [0.4, 0.5) is 9.18 Å². The van der Waals surface area contributed by atoms with Gasteiger partial charge in [-0.25, -0.2) is 4.39 Å². The second-order valence-electron chi connectivity index (χ2n) is 7.59. The Balaban J connectivity index is 1.35. The quantitative estimate of drug-likeness (QED) is 0.330. The molecule has 1 saturated heterocycles. The zero-order valence-electron chi connectivity index (χ0n) is 17.9. The standard InChI is InChI=1S/C25H16Cl2FNO5S/c26-17-5-3-6-19(28)16(17)12-32-20-7-2-1-4-14(20)9-23-24(30)29(25(31)35-23)11-15-8-21-22(10-18(15)27)34-13-33-21/h1-10H,11-13H2/b23-9-. The average molecular weight is 532 g/mol. The lowest BCUT2D eigenvalue weighted by molar-refractivity contribution is -0.123. The summed E-state index contributed by atoms with van der Waals surface area (Å²) in [5.74, 6) is 0.505. The number of hydrogen-bond acceptors (Lipinski definition) is 6. The van der Waals surface area contributed by atoms with Gasteiger partial charge in [0, 0.05) is 22.2 Å². The van der Waals surface area contributed by atoms with Crippen molar-refractivity contribution in [3.8, 4) is 17.2 Å². The van der Waals surface area contributed by atoms with Crippen molar-refractivity contribution in [3.05, 3.63) is 92.1 Å². The molecule has 3 aromatic rings. The summed E-state index contributed by atoms with van der Waals surface area (Å²) in [7, 11) is 0. The van der Waals surface area contributed by atoms with E-state index < -0.39 is 17.0 Å². The van der Waals surface area contributed by atoms with Crippen LogP contribution < -0.4 is 14.2 Å². The van der Waals surface area contributed by atoms with Gasteiger partial charge in [0.2, 0.25) is 6.79 Å². The van der Waals surface area contributed by atoms with Crippen LogP contribution in [0.15, 0.2) is 59.5 Å². The second kappa shape index (κ2) is 9.81. The summed E-state index contributed by atoms with van der Waals surface area (Å²) in [4.78, 5) is 27.0. The summed E-state index contributed by atoms with van der Waals surface area (Å²) in [5.41, 5.74) is 1.35. The van der Waals surface area contributed by atoms with E-state index in [4.69, 9.17) is 37.4 Å². The smallest absolute Gasteiger partial charge is 0.293 e. The van der Waals surface area contributed by atoms with Crippen molar-refractivity contribution in [1.29, 1.82) is 0 Å². The average Bonchev–Trinajstić information content (AvgIpc) is 3.39. The Morgan fingerprint density at radius 1 is 1.03 bits per heavy atom. The molecule has 2 amide bonds. The van der Waals surface area contributed by atoms with E-state index in [0.29, 0.717) is 33.4 Å². The maximum atomic E-state index is 14.1. The van der Waals surface area contributed by atoms with Crippen LogP contribution in [-0.2, 0) is 17.9 Å². The van der Waals surface area contributed by atoms with E-state index in [1.165, 1.54) is 12.1 Å². The van der Waals surface area contributed by atoms with Gasteiger partial charge in [-0.2, -0.15) is 0 Å². The maximum Gasteiger partial charge on any atom is 0.293 e. The number of imide groups is 1. The number of rotatable bonds is 6. The molecule has 3 aromatic carbocycles. The third kappa shape index (κ3) is 4.82. The molecule has 0 atom stereocenters. The monoisotopic (exact) mass is 531 g/mol. The number of fused-ring (bicyclic) bond motifs is 1. The van der Waals surface area contributed by atoms with Crippen LogP contribution in [0, 0.1) is 5.82 Å². The van der Waals surface area contributed by atoms with Gasteiger partial charge in [0.25, 0.3) is 11.1 Å². The SMILES string of the molecule is O=C1S/C(=C\c2ccccc2OCc2c(F)cccc2Cl)C(=O)N1Cc1cc2c(cc1Cl)OCO2. The topological polar surface area (TPSA) is 65.1 Å². The number of thioether (sulfide) groups is 1. The van der Waals surface area contributed by atoms with Gasteiger partial charge < -0.3 is 14.2 Å². The molecular formula is C25H16Cl2FNO5S. The van der Waals surface area contributed by atoms with Crippen LogP contribution in [0.3, 0.4) is 0 Å². The van der Waals surface area contributed by atoms with Gasteiger partial charge in [-0.3, -0.25) is 14.5 Å². The minimum Gasteiger partial charge on any atom is -0.488 e. The van der Waals surface area contributed by atoms with Gasteiger partial charge in [0.15, 0.2) is 11.5 Å². The first-order valence-electron chi connectivity index (χ1n) is 10.4. The summed E-state index contributed by atoms with van der Waals surface area (Å²) in [5, 5.41) is 0.195. The van der Waals surface area contributed by atoms with Gasteiger partial charge in [0.05, 0.1) is 16.5 Å². The van der Waals surface area contributed by atoms with Gasteiger partial charge in [0.1, 0.15) is 18.2 Å². The van der Waals surface area contributed by atoms with Crippen LogP contribution in [0.2, 0.25) is 10.0 Å². The van der Waals surface area contributed by atoms with Crippen LogP contribution in [0.5, 0.6) is 17.2 Å². The summed E-state index contributed by atoms with van der Waals surface area (Å²) in [6, 6.07) is 14.6. The van der Waals surface area contributed by atoms with Crippen LogP contribution in [0.1, 0.15) is 16.7 Å².